The van der Waals surface area contributed by atoms with Gasteiger partial charge >= 0.3 is 0 Å². The summed E-state index contributed by atoms with van der Waals surface area (Å²) in [7, 11) is 0. The minimum atomic E-state index is -0.189. The van der Waals surface area contributed by atoms with Gasteiger partial charge in [0.1, 0.15) is 5.82 Å². The number of aliphatic hydroxyl groups excluding tert-OH is 2. The van der Waals surface area contributed by atoms with Crippen molar-refractivity contribution in [2.75, 3.05) is 0 Å². The lowest BCUT2D eigenvalue weighted by atomic mass is 9.43. The van der Waals surface area contributed by atoms with E-state index in [2.05, 4.69) is 52.0 Å². The Morgan fingerprint density at radius 3 is 2.53 bits per heavy atom. The second-order valence-corrected chi connectivity index (χ2v) is 13.7. The van der Waals surface area contributed by atoms with Crippen LogP contribution < -0.4 is 0 Å². The van der Waals surface area contributed by atoms with Crippen molar-refractivity contribution >= 4 is 10.9 Å². The molecular formula is C32H46N2O2. The molecular weight excluding hydrogens is 444 g/mol. The molecule has 36 heavy (non-hydrogen) atoms. The van der Waals surface area contributed by atoms with Crippen LogP contribution in [0.1, 0.15) is 90.1 Å². The summed E-state index contributed by atoms with van der Waals surface area (Å²) in [5, 5.41) is 23.0. The first-order valence-corrected chi connectivity index (χ1v) is 14.8. The molecule has 4 nitrogen and oxygen atoms in total. The topological polar surface area (TPSA) is 66.2 Å². The lowest BCUT2D eigenvalue weighted by Crippen LogP contribution is -2.58. The highest BCUT2D eigenvalue weighted by Crippen LogP contribution is 2.68. The molecule has 6 rings (SSSR count). The number of hydrogen-bond acceptors (Lipinski definition) is 4. The monoisotopic (exact) mass is 490 g/mol. The fourth-order valence-corrected chi connectivity index (χ4v) is 10.1. The number of aliphatic hydroxyl groups is 2. The van der Waals surface area contributed by atoms with E-state index in [0.717, 1.165) is 66.9 Å². The predicted molar refractivity (Wildman–Crippen MR) is 144 cm³/mol. The molecule has 1 aromatic carbocycles. The van der Waals surface area contributed by atoms with Gasteiger partial charge in [-0.1, -0.05) is 39.0 Å². The third-order valence-corrected chi connectivity index (χ3v) is 12.1. The van der Waals surface area contributed by atoms with Crippen LogP contribution in [-0.2, 0) is 6.42 Å². The zero-order valence-corrected chi connectivity index (χ0v) is 22.8. The molecule has 0 saturated heterocycles. The number of benzene rings is 1. The zero-order chi connectivity index (χ0) is 25.2. The van der Waals surface area contributed by atoms with Gasteiger partial charge in [-0.2, -0.15) is 0 Å². The number of aromatic nitrogens is 2. The molecule has 10 atom stereocenters. The highest BCUT2D eigenvalue weighted by molar-refractivity contribution is 5.80. The van der Waals surface area contributed by atoms with E-state index in [-0.39, 0.29) is 12.2 Å². The van der Waals surface area contributed by atoms with E-state index < -0.39 is 0 Å². The number of aryl methyl sites for hydroxylation is 2. The van der Waals surface area contributed by atoms with Crippen molar-refractivity contribution in [3.63, 3.8) is 0 Å². The van der Waals surface area contributed by atoms with Crippen LogP contribution in [0.25, 0.3) is 10.9 Å². The number of rotatable bonds is 4. The fraction of sp³-hybridized carbons (Fsp3) is 0.750. The van der Waals surface area contributed by atoms with Gasteiger partial charge in [0, 0.05) is 17.5 Å². The van der Waals surface area contributed by atoms with E-state index in [4.69, 9.17) is 9.97 Å². The number of hydrogen-bond donors (Lipinski definition) is 2. The lowest BCUT2D eigenvalue weighted by molar-refractivity contribution is -0.174. The molecule has 0 bridgehead atoms. The molecule has 4 heteroatoms. The van der Waals surface area contributed by atoms with E-state index in [1.54, 1.807) is 0 Å². The first kappa shape index (κ1) is 24.8. The van der Waals surface area contributed by atoms with Gasteiger partial charge in [0.05, 0.1) is 17.7 Å². The summed E-state index contributed by atoms with van der Waals surface area (Å²) in [5.41, 5.74) is 2.79. The van der Waals surface area contributed by atoms with Crippen molar-refractivity contribution in [1.82, 2.24) is 9.97 Å². The van der Waals surface area contributed by atoms with Crippen molar-refractivity contribution in [2.45, 2.75) is 104 Å². The first-order valence-electron chi connectivity index (χ1n) is 14.8. The predicted octanol–water partition coefficient (Wildman–Crippen LogP) is 6.50. The molecule has 4 aliphatic rings. The van der Waals surface area contributed by atoms with E-state index >= 15 is 0 Å². The largest absolute Gasteiger partial charge is 0.393 e. The van der Waals surface area contributed by atoms with Crippen LogP contribution in [0.3, 0.4) is 0 Å². The van der Waals surface area contributed by atoms with Crippen molar-refractivity contribution < 1.29 is 10.2 Å². The SMILES string of the molecule is Cc1nc(CC[C@@H](C)[C@H]2CC[C@H]3[C@H]4C(CC[C@]23C)[C@@]2(C)CC[C@@H](O)C[C@H]2C[C@@H]4O)nc2ccccc12. The van der Waals surface area contributed by atoms with Crippen molar-refractivity contribution in [1.29, 1.82) is 0 Å². The van der Waals surface area contributed by atoms with Gasteiger partial charge in [-0.25, -0.2) is 9.97 Å². The number of para-hydroxylation sites is 1. The summed E-state index contributed by atoms with van der Waals surface area (Å²) >= 11 is 0. The third-order valence-electron chi connectivity index (χ3n) is 12.1. The average Bonchev–Trinajstić information content (AvgIpc) is 3.21. The van der Waals surface area contributed by atoms with Gasteiger partial charge < -0.3 is 10.2 Å². The van der Waals surface area contributed by atoms with Crippen LogP contribution in [0, 0.1) is 53.3 Å². The Morgan fingerprint density at radius 1 is 0.944 bits per heavy atom. The minimum Gasteiger partial charge on any atom is -0.393 e. The summed E-state index contributed by atoms with van der Waals surface area (Å²) in [5.74, 6) is 4.55. The standard InChI is InChI=1S/C32H46N2O2/c1-19(9-12-29-33-20(2)23-7-5-6-8-27(23)34-29)24-10-11-25-30-26(14-16-32(24,25)4)31(3)15-13-22(35)17-21(31)18-28(30)36/h5-8,19,21-22,24-26,28,30,35-36H,9-18H2,1-4H3/t19-,21+,22-,24-,25+,26?,28+,30+,31+,32-/m1/s1. The number of fused-ring (bicyclic) bond motifs is 6. The molecule has 2 N–H and O–H groups in total. The lowest BCUT2D eigenvalue weighted by Gasteiger charge is -2.62. The van der Waals surface area contributed by atoms with Crippen LogP contribution in [-0.4, -0.2) is 32.4 Å². The summed E-state index contributed by atoms with van der Waals surface area (Å²) in [4.78, 5) is 9.74. The van der Waals surface area contributed by atoms with E-state index in [1.807, 2.05) is 0 Å². The third kappa shape index (κ3) is 3.85. The Hall–Kier alpha value is -1.52. The molecule has 1 heterocycles. The normalized spacial score (nSPS) is 43.0. The zero-order valence-electron chi connectivity index (χ0n) is 22.8. The van der Waals surface area contributed by atoms with Crippen molar-refractivity contribution in [3.8, 4) is 0 Å². The Kier molecular flexibility index (Phi) is 6.23. The molecule has 4 fully saturated rings. The van der Waals surface area contributed by atoms with E-state index in [1.165, 1.54) is 25.7 Å². The number of nitrogens with zero attached hydrogens (tertiary/aromatic N) is 2. The molecule has 196 valence electrons. The maximum Gasteiger partial charge on any atom is 0.129 e. The van der Waals surface area contributed by atoms with Gasteiger partial charge in [-0.15, -0.1) is 0 Å². The summed E-state index contributed by atoms with van der Waals surface area (Å²) in [6.45, 7) is 9.65. The quantitative estimate of drug-likeness (QED) is 0.513. The first-order chi connectivity index (χ1) is 17.2. The van der Waals surface area contributed by atoms with Gasteiger partial charge in [0.25, 0.3) is 0 Å². The van der Waals surface area contributed by atoms with Gasteiger partial charge in [-0.3, -0.25) is 0 Å². The summed E-state index contributed by atoms with van der Waals surface area (Å²) < 4.78 is 0. The average molecular weight is 491 g/mol. The Morgan fingerprint density at radius 2 is 1.69 bits per heavy atom. The molecule has 4 saturated carbocycles. The van der Waals surface area contributed by atoms with Gasteiger partial charge in [-0.05, 0) is 117 Å². The molecule has 0 spiro atoms. The molecule has 1 aromatic heterocycles. The Labute approximate surface area is 217 Å². The van der Waals surface area contributed by atoms with Crippen molar-refractivity contribution in [2.24, 2.45) is 46.3 Å². The highest BCUT2D eigenvalue weighted by atomic mass is 16.3. The van der Waals surface area contributed by atoms with Crippen molar-refractivity contribution in [3.05, 3.63) is 35.8 Å². The van der Waals surface area contributed by atoms with E-state index in [9.17, 15) is 10.2 Å². The molecule has 4 aliphatic carbocycles. The van der Waals surface area contributed by atoms with Crippen LogP contribution in [0.4, 0.5) is 0 Å². The highest BCUT2D eigenvalue weighted by Gasteiger charge is 2.62. The molecule has 2 aromatic rings. The second-order valence-electron chi connectivity index (χ2n) is 13.7. The molecule has 1 unspecified atom stereocenters. The summed E-state index contributed by atoms with van der Waals surface area (Å²) in [6, 6.07) is 8.35. The molecule has 0 amide bonds. The van der Waals surface area contributed by atoms with Crippen LogP contribution in [0.2, 0.25) is 0 Å². The van der Waals surface area contributed by atoms with Gasteiger partial charge in [0.15, 0.2) is 0 Å². The fourth-order valence-electron chi connectivity index (χ4n) is 10.1. The Balaban J connectivity index is 1.18. The molecule has 0 aliphatic heterocycles. The summed E-state index contributed by atoms with van der Waals surface area (Å²) in [6.07, 6.45) is 10.8. The van der Waals surface area contributed by atoms with Crippen LogP contribution in [0.15, 0.2) is 24.3 Å². The maximum absolute atomic E-state index is 11.5. The minimum absolute atomic E-state index is 0.159. The second kappa shape index (κ2) is 9.05. The van der Waals surface area contributed by atoms with E-state index in [0.29, 0.717) is 40.4 Å². The van der Waals surface area contributed by atoms with Crippen LogP contribution in [0.5, 0.6) is 0 Å². The molecule has 0 radical (unpaired) electrons. The van der Waals surface area contributed by atoms with Crippen LogP contribution >= 0.6 is 0 Å². The van der Waals surface area contributed by atoms with Gasteiger partial charge in [0.2, 0.25) is 0 Å². The Bertz CT molecular complexity index is 1120. The maximum atomic E-state index is 11.5. The smallest absolute Gasteiger partial charge is 0.129 e.